The molecule has 0 aromatic heterocycles. The van der Waals surface area contributed by atoms with Gasteiger partial charge in [0, 0.05) is 0 Å². The Morgan fingerprint density at radius 2 is 0.731 bits per heavy atom. The molecule has 0 atom stereocenters. The van der Waals surface area contributed by atoms with Gasteiger partial charge >= 0.3 is 23.9 Å². The van der Waals surface area contributed by atoms with Gasteiger partial charge in [-0.25, -0.2) is 0 Å². The number of carboxylic acid groups (broad SMARTS) is 4. The molecule has 4 N–H and O–H groups in total. The molecule has 2 aromatic carbocycles. The summed E-state index contributed by atoms with van der Waals surface area (Å²) < 4.78 is 0. The zero-order chi connectivity index (χ0) is 19.4. The van der Waals surface area contributed by atoms with Crippen LogP contribution in [0.15, 0.2) is 48.5 Å². The van der Waals surface area contributed by atoms with Crippen LogP contribution in [0.25, 0.3) is 11.1 Å². The second-order valence-electron chi connectivity index (χ2n) is 5.46. The number of benzene rings is 2. The SMILES string of the molecule is O=C(O)C(C(=O)O)c1ccc(-c2ccc(C(C(=O)O)C(=O)O)cc2)cc1. The van der Waals surface area contributed by atoms with Gasteiger partial charge in [0.15, 0.2) is 11.8 Å². The van der Waals surface area contributed by atoms with E-state index >= 15 is 0 Å². The van der Waals surface area contributed by atoms with Crippen molar-refractivity contribution in [2.24, 2.45) is 0 Å². The monoisotopic (exact) mass is 358 g/mol. The van der Waals surface area contributed by atoms with Gasteiger partial charge in [0.25, 0.3) is 0 Å². The Morgan fingerprint density at radius 3 is 0.923 bits per heavy atom. The van der Waals surface area contributed by atoms with Crippen LogP contribution in [0.2, 0.25) is 0 Å². The predicted molar refractivity (Wildman–Crippen MR) is 87.9 cm³/mol. The third-order valence-electron chi connectivity index (χ3n) is 3.81. The number of rotatable bonds is 7. The molecule has 0 heterocycles. The van der Waals surface area contributed by atoms with Gasteiger partial charge in [-0.1, -0.05) is 48.5 Å². The molecule has 0 saturated heterocycles. The van der Waals surface area contributed by atoms with Crippen molar-refractivity contribution in [2.45, 2.75) is 11.8 Å². The molecule has 0 radical (unpaired) electrons. The largest absolute Gasteiger partial charge is 0.480 e. The van der Waals surface area contributed by atoms with E-state index < -0.39 is 35.7 Å². The van der Waals surface area contributed by atoms with E-state index in [1.54, 1.807) is 0 Å². The quantitative estimate of drug-likeness (QED) is 0.548. The highest BCUT2D eigenvalue weighted by Gasteiger charge is 2.28. The Kier molecular flexibility index (Phi) is 5.36. The van der Waals surface area contributed by atoms with Crippen molar-refractivity contribution in [3.05, 3.63) is 59.7 Å². The van der Waals surface area contributed by atoms with Crippen LogP contribution in [0.4, 0.5) is 0 Å². The molecule has 8 nitrogen and oxygen atoms in total. The van der Waals surface area contributed by atoms with Crippen LogP contribution in [-0.2, 0) is 19.2 Å². The Bertz CT molecular complexity index is 750. The van der Waals surface area contributed by atoms with Gasteiger partial charge in [-0.2, -0.15) is 0 Å². The Labute approximate surface area is 147 Å². The normalized spacial score (nSPS) is 10.7. The minimum absolute atomic E-state index is 0.113. The van der Waals surface area contributed by atoms with Crippen LogP contribution in [-0.4, -0.2) is 44.3 Å². The molecular formula is C18H14O8. The average molecular weight is 358 g/mol. The molecule has 26 heavy (non-hydrogen) atoms. The fourth-order valence-electron chi connectivity index (χ4n) is 2.52. The maximum atomic E-state index is 11.0. The lowest BCUT2D eigenvalue weighted by atomic mass is 9.94. The minimum atomic E-state index is -1.67. The van der Waals surface area contributed by atoms with Gasteiger partial charge in [0.1, 0.15) is 0 Å². The van der Waals surface area contributed by atoms with E-state index in [9.17, 15) is 19.2 Å². The molecule has 0 fully saturated rings. The van der Waals surface area contributed by atoms with E-state index in [1.165, 1.54) is 48.5 Å². The van der Waals surface area contributed by atoms with Crippen molar-refractivity contribution >= 4 is 23.9 Å². The van der Waals surface area contributed by atoms with Gasteiger partial charge in [-0.3, -0.25) is 19.2 Å². The van der Waals surface area contributed by atoms with E-state index in [2.05, 4.69) is 0 Å². The summed E-state index contributed by atoms with van der Waals surface area (Å²) in [6.45, 7) is 0. The molecule has 134 valence electrons. The summed E-state index contributed by atoms with van der Waals surface area (Å²) in [5, 5.41) is 35.9. The smallest absolute Gasteiger partial charge is 0.322 e. The molecule has 0 saturated carbocycles. The number of hydrogen-bond donors (Lipinski definition) is 4. The summed E-state index contributed by atoms with van der Waals surface area (Å²) in [7, 11) is 0. The summed E-state index contributed by atoms with van der Waals surface area (Å²) >= 11 is 0. The first-order valence-corrected chi connectivity index (χ1v) is 7.34. The van der Waals surface area contributed by atoms with Crippen LogP contribution in [0.1, 0.15) is 23.0 Å². The van der Waals surface area contributed by atoms with Gasteiger partial charge in [0.05, 0.1) is 0 Å². The first-order valence-electron chi connectivity index (χ1n) is 7.34. The van der Waals surface area contributed by atoms with Gasteiger partial charge in [0.2, 0.25) is 0 Å². The maximum Gasteiger partial charge on any atom is 0.322 e. The Balaban J connectivity index is 2.30. The lowest BCUT2D eigenvalue weighted by Gasteiger charge is -2.10. The molecule has 0 aliphatic heterocycles. The molecule has 2 rings (SSSR count). The summed E-state index contributed by atoms with van der Waals surface area (Å²) in [6, 6.07) is 11.7. The molecule has 0 bridgehead atoms. The predicted octanol–water partition coefficient (Wildman–Crippen LogP) is 1.86. The highest BCUT2D eigenvalue weighted by molar-refractivity contribution is 5.99. The van der Waals surface area contributed by atoms with E-state index in [0.29, 0.717) is 11.1 Å². The summed E-state index contributed by atoms with van der Waals surface area (Å²) in [4.78, 5) is 44.1. The Morgan fingerprint density at radius 1 is 0.500 bits per heavy atom. The van der Waals surface area contributed by atoms with Crippen molar-refractivity contribution in [3.8, 4) is 11.1 Å². The highest BCUT2D eigenvalue weighted by atomic mass is 16.4. The van der Waals surface area contributed by atoms with Crippen LogP contribution < -0.4 is 0 Å². The Hall–Kier alpha value is -3.68. The summed E-state index contributed by atoms with van der Waals surface area (Å²) in [5.41, 5.74) is 1.50. The van der Waals surface area contributed by atoms with Crippen LogP contribution in [0.5, 0.6) is 0 Å². The second-order valence-corrected chi connectivity index (χ2v) is 5.46. The molecule has 0 aliphatic rings. The van der Waals surface area contributed by atoms with E-state index in [-0.39, 0.29) is 11.1 Å². The minimum Gasteiger partial charge on any atom is -0.480 e. The number of hydrogen-bond acceptors (Lipinski definition) is 4. The lowest BCUT2D eigenvalue weighted by molar-refractivity contribution is -0.152. The first kappa shape index (κ1) is 18.7. The van der Waals surface area contributed by atoms with Gasteiger partial charge < -0.3 is 20.4 Å². The summed E-state index contributed by atoms with van der Waals surface area (Å²) in [6.07, 6.45) is 0. The third-order valence-corrected chi connectivity index (χ3v) is 3.81. The molecule has 2 aromatic rings. The number of carboxylic acids is 4. The van der Waals surface area contributed by atoms with Crippen molar-refractivity contribution in [1.82, 2.24) is 0 Å². The molecule has 0 spiro atoms. The fraction of sp³-hybridized carbons (Fsp3) is 0.111. The lowest BCUT2D eigenvalue weighted by Crippen LogP contribution is -2.21. The molecule has 0 unspecified atom stereocenters. The summed E-state index contributed by atoms with van der Waals surface area (Å²) in [5.74, 6) is -9.21. The zero-order valence-corrected chi connectivity index (χ0v) is 13.2. The highest BCUT2D eigenvalue weighted by Crippen LogP contribution is 2.26. The van der Waals surface area contributed by atoms with Crippen molar-refractivity contribution in [3.63, 3.8) is 0 Å². The second kappa shape index (κ2) is 7.47. The maximum absolute atomic E-state index is 11.0. The number of carbonyl (C=O) groups is 4. The van der Waals surface area contributed by atoms with Crippen LogP contribution >= 0.6 is 0 Å². The molecule has 0 amide bonds. The number of aliphatic carboxylic acids is 4. The first-order chi connectivity index (χ1) is 12.2. The van der Waals surface area contributed by atoms with Crippen LogP contribution in [0.3, 0.4) is 0 Å². The molecular weight excluding hydrogens is 344 g/mol. The fourth-order valence-corrected chi connectivity index (χ4v) is 2.52. The van der Waals surface area contributed by atoms with E-state index in [1.807, 2.05) is 0 Å². The van der Waals surface area contributed by atoms with E-state index in [0.717, 1.165) is 0 Å². The van der Waals surface area contributed by atoms with E-state index in [4.69, 9.17) is 20.4 Å². The molecule has 8 heteroatoms. The van der Waals surface area contributed by atoms with Gasteiger partial charge in [-0.15, -0.1) is 0 Å². The van der Waals surface area contributed by atoms with Crippen LogP contribution in [0, 0.1) is 0 Å². The standard InChI is InChI=1S/C18H14O8/c19-15(20)13(16(21)22)11-5-1-9(2-6-11)10-3-7-12(8-4-10)14(17(23)24)18(25)26/h1-8,13-14H,(H,19,20)(H,21,22)(H,23,24)(H,25,26). The topological polar surface area (TPSA) is 149 Å². The third kappa shape index (κ3) is 3.86. The van der Waals surface area contributed by atoms with Gasteiger partial charge in [-0.05, 0) is 22.3 Å². The van der Waals surface area contributed by atoms with Crippen molar-refractivity contribution < 1.29 is 39.6 Å². The van der Waals surface area contributed by atoms with Crippen molar-refractivity contribution in [1.29, 1.82) is 0 Å². The zero-order valence-electron chi connectivity index (χ0n) is 13.2. The average Bonchev–Trinajstić information content (AvgIpc) is 2.55. The van der Waals surface area contributed by atoms with Crippen molar-refractivity contribution in [2.75, 3.05) is 0 Å². The molecule has 0 aliphatic carbocycles.